The van der Waals surface area contributed by atoms with Crippen molar-refractivity contribution in [2.75, 3.05) is 5.75 Å². The predicted molar refractivity (Wildman–Crippen MR) is 65.3 cm³/mol. The second kappa shape index (κ2) is 6.54. The van der Waals surface area contributed by atoms with Crippen LogP contribution in [0.1, 0.15) is 25.5 Å². The molecule has 0 aliphatic rings. The molecule has 0 saturated carbocycles. The first-order valence-electron chi connectivity index (χ1n) is 4.62. The average molecular weight is 250 g/mol. The van der Waals surface area contributed by atoms with Crippen molar-refractivity contribution in [1.29, 1.82) is 0 Å². The van der Waals surface area contributed by atoms with Gasteiger partial charge in [-0.2, -0.15) is 11.8 Å². The Morgan fingerprint density at radius 2 is 2.14 bits per heavy atom. The fourth-order valence-corrected chi connectivity index (χ4v) is 2.44. The average Bonchev–Trinajstić information content (AvgIpc) is 2.18. The lowest BCUT2D eigenvalue weighted by molar-refractivity contribution is 0.895. The Kier molecular flexibility index (Phi) is 5.68. The largest absolute Gasteiger partial charge is 0.239 e. The maximum Gasteiger partial charge on any atom is 0.129 e. The van der Waals surface area contributed by atoms with E-state index in [2.05, 4.69) is 11.9 Å². The molecule has 1 heterocycles. The summed E-state index contributed by atoms with van der Waals surface area (Å²) in [5.74, 6) is 2.00. The molecule has 14 heavy (non-hydrogen) atoms. The van der Waals surface area contributed by atoms with Crippen molar-refractivity contribution in [3.05, 3.63) is 28.0 Å². The van der Waals surface area contributed by atoms with Crippen molar-refractivity contribution < 1.29 is 0 Å². The Morgan fingerprint density at radius 3 is 2.86 bits per heavy atom. The second-order valence-electron chi connectivity index (χ2n) is 2.97. The summed E-state index contributed by atoms with van der Waals surface area (Å²) in [6.07, 6.45) is 2.46. The summed E-state index contributed by atoms with van der Waals surface area (Å²) >= 11 is 13.6. The van der Waals surface area contributed by atoms with E-state index in [1.54, 1.807) is 12.1 Å². The van der Waals surface area contributed by atoms with Gasteiger partial charge in [-0.1, -0.05) is 36.5 Å². The van der Waals surface area contributed by atoms with Crippen LogP contribution < -0.4 is 0 Å². The van der Waals surface area contributed by atoms with Gasteiger partial charge in [-0.25, -0.2) is 4.98 Å². The summed E-state index contributed by atoms with van der Waals surface area (Å²) in [5, 5.41) is 1.22. The fourth-order valence-electron chi connectivity index (χ4n) is 0.974. The molecule has 0 aliphatic heterocycles. The molecule has 0 amide bonds. The predicted octanol–water partition coefficient (Wildman–Crippen LogP) is 4.42. The van der Waals surface area contributed by atoms with Crippen LogP contribution in [-0.2, 0) is 5.75 Å². The molecular formula is C10H13Cl2NS. The van der Waals surface area contributed by atoms with Gasteiger partial charge >= 0.3 is 0 Å². The minimum atomic E-state index is 0.514. The molecule has 78 valence electrons. The van der Waals surface area contributed by atoms with Crippen molar-refractivity contribution in [2.24, 2.45) is 0 Å². The minimum absolute atomic E-state index is 0.514. The molecule has 0 saturated heterocycles. The quantitative estimate of drug-likeness (QED) is 0.566. The van der Waals surface area contributed by atoms with E-state index in [1.165, 1.54) is 12.8 Å². The highest BCUT2D eigenvalue weighted by Gasteiger charge is 2.02. The third kappa shape index (κ3) is 4.07. The molecule has 1 nitrogen and oxygen atoms in total. The van der Waals surface area contributed by atoms with E-state index in [0.29, 0.717) is 10.2 Å². The van der Waals surface area contributed by atoms with Gasteiger partial charge in [0.05, 0.1) is 10.7 Å². The van der Waals surface area contributed by atoms with Gasteiger partial charge < -0.3 is 0 Å². The summed E-state index contributed by atoms with van der Waals surface area (Å²) in [4.78, 5) is 4.18. The van der Waals surface area contributed by atoms with Gasteiger partial charge in [-0.3, -0.25) is 0 Å². The highest BCUT2D eigenvalue weighted by Crippen LogP contribution is 2.21. The van der Waals surface area contributed by atoms with Crippen LogP contribution >= 0.6 is 35.0 Å². The molecule has 0 N–H and O–H groups in total. The standard InChI is InChI=1S/C10H13Cl2NS/c1-2-3-6-14-7-9-8(11)4-5-10(12)13-9/h4-5H,2-3,6-7H2,1H3. The van der Waals surface area contributed by atoms with Crippen LogP contribution in [0.25, 0.3) is 0 Å². The number of hydrogen-bond donors (Lipinski definition) is 0. The second-order valence-corrected chi connectivity index (χ2v) is 4.87. The van der Waals surface area contributed by atoms with E-state index in [0.717, 1.165) is 17.2 Å². The number of halogens is 2. The van der Waals surface area contributed by atoms with Crippen LogP contribution in [-0.4, -0.2) is 10.7 Å². The third-order valence-corrected chi connectivity index (χ3v) is 3.38. The number of pyridine rings is 1. The number of unbranched alkanes of at least 4 members (excludes halogenated alkanes) is 1. The lowest BCUT2D eigenvalue weighted by Gasteiger charge is -2.03. The zero-order valence-electron chi connectivity index (χ0n) is 8.09. The lowest BCUT2D eigenvalue weighted by atomic mass is 10.4. The van der Waals surface area contributed by atoms with E-state index in [4.69, 9.17) is 23.2 Å². The van der Waals surface area contributed by atoms with Crippen LogP contribution in [0.3, 0.4) is 0 Å². The molecule has 1 aromatic heterocycles. The maximum atomic E-state index is 5.97. The van der Waals surface area contributed by atoms with E-state index in [9.17, 15) is 0 Å². The van der Waals surface area contributed by atoms with E-state index >= 15 is 0 Å². The van der Waals surface area contributed by atoms with Gasteiger partial charge in [0.15, 0.2) is 0 Å². The summed E-state index contributed by atoms with van der Waals surface area (Å²) in [7, 11) is 0. The number of aromatic nitrogens is 1. The fraction of sp³-hybridized carbons (Fsp3) is 0.500. The van der Waals surface area contributed by atoms with Crippen LogP contribution in [0.4, 0.5) is 0 Å². The van der Waals surface area contributed by atoms with Crippen molar-refractivity contribution >= 4 is 35.0 Å². The first-order chi connectivity index (χ1) is 6.74. The lowest BCUT2D eigenvalue weighted by Crippen LogP contribution is -1.90. The summed E-state index contributed by atoms with van der Waals surface area (Å²) < 4.78 is 0. The topological polar surface area (TPSA) is 12.9 Å². The van der Waals surface area contributed by atoms with Crippen LogP contribution in [0.2, 0.25) is 10.2 Å². The molecule has 0 unspecified atom stereocenters. The Balaban J connectivity index is 2.45. The van der Waals surface area contributed by atoms with Gasteiger partial charge in [0.1, 0.15) is 5.15 Å². The molecule has 0 aliphatic carbocycles. The molecule has 0 aromatic carbocycles. The number of thioether (sulfide) groups is 1. The summed E-state index contributed by atoms with van der Waals surface area (Å²) in [5.41, 5.74) is 0.889. The van der Waals surface area contributed by atoms with Gasteiger partial charge in [0.2, 0.25) is 0 Å². The molecule has 1 rings (SSSR count). The molecular weight excluding hydrogens is 237 g/mol. The zero-order chi connectivity index (χ0) is 10.4. The first kappa shape index (κ1) is 12.2. The minimum Gasteiger partial charge on any atom is -0.239 e. The molecule has 1 aromatic rings. The Bertz CT molecular complexity index is 291. The normalized spacial score (nSPS) is 10.5. The van der Waals surface area contributed by atoms with E-state index < -0.39 is 0 Å². The molecule has 0 fully saturated rings. The van der Waals surface area contributed by atoms with Crippen LogP contribution in [0.15, 0.2) is 12.1 Å². The number of hydrogen-bond acceptors (Lipinski definition) is 2. The van der Waals surface area contributed by atoms with Gasteiger partial charge in [-0.15, -0.1) is 0 Å². The van der Waals surface area contributed by atoms with Crippen molar-refractivity contribution in [3.8, 4) is 0 Å². The van der Waals surface area contributed by atoms with Gasteiger partial charge in [0, 0.05) is 5.75 Å². The van der Waals surface area contributed by atoms with Gasteiger partial charge in [-0.05, 0) is 24.3 Å². The molecule has 0 atom stereocenters. The smallest absolute Gasteiger partial charge is 0.129 e. The highest BCUT2D eigenvalue weighted by atomic mass is 35.5. The SMILES string of the molecule is CCCCSCc1nc(Cl)ccc1Cl. The van der Waals surface area contributed by atoms with Crippen molar-refractivity contribution in [3.63, 3.8) is 0 Å². The highest BCUT2D eigenvalue weighted by molar-refractivity contribution is 7.98. The van der Waals surface area contributed by atoms with Crippen molar-refractivity contribution in [2.45, 2.75) is 25.5 Å². The third-order valence-electron chi connectivity index (χ3n) is 1.77. The maximum absolute atomic E-state index is 5.97. The molecule has 0 spiro atoms. The van der Waals surface area contributed by atoms with E-state index in [-0.39, 0.29) is 0 Å². The Hall–Kier alpha value is 0.0800. The number of nitrogens with zero attached hydrogens (tertiary/aromatic N) is 1. The molecule has 4 heteroatoms. The van der Waals surface area contributed by atoms with Crippen LogP contribution in [0, 0.1) is 0 Å². The van der Waals surface area contributed by atoms with Crippen LogP contribution in [0.5, 0.6) is 0 Å². The number of rotatable bonds is 5. The Morgan fingerprint density at radius 1 is 1.36 bits per heavy atom. The zero-order valence-corrected chi connectivity index (χ0v) is 10.4. The first-order valence-corrected chi connectivity index (χ1v) is 6.53. The monoisotopic (exact) mass is 249 g/mol. The van der Waals surface area contributed by atoms with Gasteiger partial charge in [0.25, 0.3) is 0 Å². The molecule has 0 radical (unpaired) electrons. The Labute approximate surface area is 99.2 Å². The van der Waals surface area contributed by atoms with Crippen molar-refractivity contribution in [1.82, 2.24) is 4.98 Å². The summed E-state index contributed by atoms with van der Waals surface area (Å²) in [6, 6.07) is 3.51. The molecule has 0 bridgehead atoms. The van der Waals surface area contributed by atoms with E-state index in [1.807, 2.05) is 11.8 Å². The summed E-state index contributed by atoms with van der Waals surface area (Å²) in [6.45, 7) is 2.19.